The lowest BCUT2D eigenvalue weighted by Gasteiger charge is -2.34. The summed E-state index contributed by atoms with van der Waals surface area (Å²) in [5.74, 6) is 4.41. The molecule has 636 valence electrons. The maximum absolute atomic E-state index is 10.3. The van der Waals surface area contributed by atoms with Crippen LogP contribution in [0, 0.1) is 0 Å². The molecule has 0 heterocycles. The van der Waals surface area contributed by atoms with Gasteiger partial charge >= 0.3 is 0 Å². The Hall–Kier alpha value is -16.2. The van der Waals surface area contributed by atoms with Gasteiger partial charge in [0.25, 0.3) is 0 Å². The molecule has 132 heavy (non-hydrogen) atoms. The van der Waals surface area contributed by atoms with E-state index in [2.05, 4.69) is 376 Å². The summed E-state index contributed by atoms with van der Waals surface area (Å²) in [5, 5.41) is 49.8. The van der Waals surface area contributed by atoms with Crippen LogP contribution in [-0.4, -0.2) is 46.9 Å². The molecule has 0 saturated carbocycles. The molecular weight excluding hydrogens is 1620 g/mol. The van der Waals surface area contributed by atoms with Crippen molar-refractivity contribution in [3.8, 4) is 90.5 Å². The molecule has 0 fully saturated rings. The summed E-state index contributed by atoms with van der Waals surface area (Å²) in [7, 11) is 0. The van der Waals surface area contributed by atoms with Crippen LogP contribution in [0.2, 0.25) is 0 Å². The van der Waals surface area contributed by atoms with E-state index >= 15 is 0 Å². The number of fused-ring (bicyclic) bond motifs is 16. The van der Waals surface area contributed by atoms with Crippen molar-refractivity contribution < 1.29 is 39.4 Å². The van der Waals surface area contributed by atoms with Gasteiger partial charge in [-0.3, -0.25) is 0 Å². The Balaban J connectivity index is 0.000000150. The lowest BCUT2D eigenvalue weighted by atomic mass is 9.67. The van der Waals surface area contributed by atoms with Gasteiger partial charge in [0.1, 0.15) is 46.0 Å². The van der Waals surface area contributed by atoms with Crippen molar-refractivity contribution >= 4 is 43.1 Å². The van der Waals surface area contributed by atoms with Crippen LogP contribution in [0.5, 0.6) is 46.0 Å². The minimum Gasteiger partial charge on any atom is -0.508 e. The van der Waals surface area contributed by atoms with Crippen LogP contribution < -0.4 is 18.9 Å². The van der Waals surface area contributed by atoms with Crippen LogP contribution in [0.1, 0.15) is 115 Å². The van der Waals surface area contributed by atoms with Gasteiger partial charge in [-0.05, 0) is 324 Å². The maximum atomic E-state index is 10.3. The number of aromatic hydroxyl groups is 4. The molecule has 0 radical (unpaired) electrons. The van der Waals surface area contributed by atoms with E-state index in [0.29, 0.717) is 26.4 Å². The molecule has 4 aliphatic carbocycles. The predicted octanol–water partition coefficient (Wildman–Crippen LogP) is 28.7. The Bertz CT molecular complexity index is 7230. The second-order valence-electron chi connectivity index (χ2n) is 35.3. The molecule has 0 bridgehead atoms. The highest BCUT2D eigenvalue weighted by Crippen LogP contribution is 2.62. The van der Waals surface area contributed by atoms with Crippen molar-refractivity contribution in [3.63, 3.8) is 0 Å². The predicted molar refractivity (Wildman–Crippen MR) is 532 cm³/mol. The van der Waals surface area contributed by atoms with E-state index < -0.39 is 21.7 Å². The van der Waals surface area contributed by atoms with E-state index in [4.69, 9.17) is 18.9 Å². The first-order chi connectivity index (χ1) is 65.0. The molecule has 20 aromatic carbocycles. The Morgan fingerprint density at radius 1 is 0.152 bits per heavy atom. The smallest absolute Gasteiger partial charge is 0.119 e. The van der Waals surface area contributed by atoms with Crippen LogP contribution in [0.4, 0.5) is 0 Å². The first kappa shape index (κ1) is 80.4. The van der Waals surface area contributed by atoms with Crippen LogP contribution in [0.15, 0.2) is 437 Å². The molecule has 4 N–H and O–H groups in total. The van der Waals surface area contributed by atoms with Gasteiger partial charge in [0.2, 0.25) is 0 Å². The fourth-order valence-corrected chi connectivity index (χ4v) is 22.4. The van der Waals surface area contributed by atoms with Crippen molar-refractivity contribution in [3.05, 3.63) is 526 Å². The average Bonchev–Trinajstić information content (AvgIpc) is 1.56. The molecule has 4 aliphatic rings. The fraction of sp³-hybridized carbons (Fsp3) is 0.0968. The van der Waals surface area contributed by atoms with Crippen LogP contribution >= 0.6 is 0 Å². The SMILES string of the molecule is Oc1ccc(C2(c3ccc4cc(OCCCCOc5ccc6cc(C7(c8ccc(O)cc8)c8ccccc8-c8ccccc87)ccc6c5)ccc4c3)c3ccccc3-c3ccccc32)cc1.Oc1ccc2cc(C3(c4cccc(OCCCCOc5cccc(C6(c7ccc8cc(O)ccc8c7)c7ccccc7-c7ccccc76)c5)c4)c4ccccc4-c4ccccc43)ccc2c1. The van der Waals surface area contributed by atoms with Crippen LogP contribution in [-0.2, 0) is 21.7 Å². The highest BCUT2D eigenvalue weighted by Gasteiger charge is 2.51. The van der Waals surface area contributed by atoms with Crippen molar-refractivity contribution in [2.45, 2.75) is 47.3 Å². The monoisotopic (exact) mass is 1710 g/mol. The van der Waals surface area contributed by atoms with E-state index in [9.17, 15) is 20.4 Å². The number of hydrogen-bond donors (Lipinski definition) is 4. The highest BCUT2D eigenvalue weighted by molar-refractivity contribution is 5.96. The Morgan fingerprint density at radius 3 is 0.621 bits per heavy atom. The second kappa shape index (κ2) is 33.2. The zero-order chi connectivity index (χ0) is 88.5. The summed E-state index contributed by atoms with van der Waals surface area (Å²) in [5.41, 5.74) is 26.9. The molecule has 8 heteroatoms. The molecular formula is C124H92O8. The summed E-state index contributed by atoms with van der Waals surface area (Å²) in [6, 6.07) is 153. The number of benzene rings is 20. The summed E-state index contributed by atoms with van der Waals surface area (Å²) >= 11 is 0. The number of phenolic OH excluding ortho intramolecular Hbond substituents is 4. The molecule has 0 unspecified atom stereocenters. The molecule has 20 aromatic rings. The van der Waals surface area contributed by atoms with Gasteiger partial charge in [0.05, 0.1) is 48.1 Å². The largest absolute Gasteiger partial charge is 0.508 e. The van der Waals surface area contributed by atoms with E-state index in [0.717, 1.165) is 114 Å². The topological polar surface area (TPSA) is 118 Å². The molecule has 0 atom stereocenters. The Morgan fingerprint density at radius 2 is 0.348 bits per heavy atom. The van der Waals surface area contributed by atoms with Crippen molar-refractivity contribution in [2.75, 3.05) is 26.4 Å². The minimum atomic E-state index is -0.569. The third-order valence-electron chi connectivity index (χ3n) is 28.1. The molecule has 24 rings (SSSR count). The molecule has 0 spiro atoms. The Kier molecular flexibility index (Phi) is 20.2. The average molecular weight is 1710 g/mol. The second-order valence-corrected chi connectivity index (χ2v) is 35.3. The van der Waals surface area contributed by atoms with Gasteiger partial charge in [-0.25, -0.2) is 0 Å². The number of hydrogen-bond acceptors (Lipinski definition) is 8. The standard InChI is InChI=1S/2C62H46O4/c63-49-31-27-41-35-47(29-25-43(41)37-49)61(57-21-5-1-17-53(57)54-18-2-6-22-58(54)61)45-13-11-15-51(39-45)65-33-9-10-34-66-52-16-12-14-46(40-52)62(48-30-26-44-38-50(64)32-28-42(44)36-48)59-23-7-3-19-55(59)56-20-4-8-24-60(56)62;63-49-29-25-45(26-30-49)61(57-15-5-1-11-53(57)54-12-2-6-16-58(54)61)47-23-19-43-39-51(33-21-41(43)37-47)65-35-9-10-36-66-52-34-22-42-38-48(24-20-44(42)40-52)62(46-27-31-50(64)32-28-46)59-17-7-3-13-55(59)56-14-4-8-18-60(56)62/h1-8,11-32,35-40,63-64H,9-10,33-34H2;1-8,11-34,37-40,63-64H,9-10,35-36H2. The summed E-state index contributed by atoms with van der Waals surface area (Å²) in [6.07, 6.45) is 3.39. The lowest BCUT2D eigenvalue weighted by Crippen LogP contribution is -2.28. The minimum absolute atomic E-state index is 0.256. The van der Waals surface area contributed by atoms with Crippen LogP contribution in [0.25, 0.3) is 87.6 Å². The number of phenols is 4. The first-order valence-electron chi connectivity index (χ1n) is 45.7. The summed E-state index contributed by atoms with van der Waals surface area (Å²) in [4.78, 5) is 0. The molecule has 0 aliphatic heterocycles. The zero-order valence-corrected chi connectivity index (χ0v) is 72.6. The molecule has 0 amide bonds. The number of ether oxygens (including phenoxy) is 4. The zero-order valence-electron chi connectivity index (χ0n) is 72.6. The van der Waals surface area contributed by atoms with Crippen molar-refractivity contribution in [2.24, 2.45) is 0 Å². The van der Waals surface area contributed by atoms with E-state index in [1.54, 1.807) is 36.4 Å². The van der Waals surface area contributed by atoms with Gasteiger partial charge < -0.3 is 39.4 Å². The van der Waals surface area contributed by atoms with Gasteiger partial charge in [0.15, 0.2) is 0 Å². The fourth-order valence-electron chi connectivity index (χ4n) is 22.4. The highest BCUT2D eigenvalue weighted by atomic mass is 16.5. The lowest BCUT2D eigenvalue weighted by molar-refractivity contribution is 0.266. The quantitative estimate of drug-likeness (QED) is 0.0496. The van der Waals surface area contributed by atoms with Crippen molar-refractivity contribution in [1.82, 2.24) is 0 Å². The van der Waals surface area contributed by atoms with Gasteiger partial charge in [0, 0.05) is 0 Å². The molecule has 8 nitrogen and oxygen atoms in total. The van der Waals surface area contributed by atoms with Crippen LogP contribution in [0.3, 0.4) is 0 Å². The van der Waals surface area contributed by atoms with E-state index in [1.165, 1.54) is 111 Å². The van der Waals surface area contributed by atoms with E-state index in [-0.39, 0.29) is 23.0 Å². The Labute approximate surface area is 767 Å². The summed E-state index contributed by atoms with van der Waals surface area (Å²) < 4.78 is 25.7. The number of rotatable bonds is 22. The summed E-state index contributed by atoms with van der Waals surface area (Å²) in [6.45, 7) is 2.31. The third-order valence-corrected chi connectivity index (χ3v) is 28.1. The maximum Gasteiger partial charge on any atom is 0.119 e. The van der Waals surface area contributed by atoms with Crippen molar-refractivity contribution in [1.29, 1.82) is 0 Å². The normalized spacial score (nSPS) is 13.8. The van der Waals surface area contributed by atoms with Gasteiger partial charge in [-0.2, -0.15) is 0 Å². The molecule has 0 saturated heterocycles. The van der Waals surface area contributed by atoms with Gasteiger partial charge in [-0.1, -0.05) is 315 Å². The van der Waals surface area contributed by atoms with E-state index in [1.807, 2.05) is 24.3 Å². The molecule has 0 aromatic heterocycles. The number of unbranched alkanes of at least 4 members (excludes halogenated alkanes) is 2. The first-order valence-corrected chi connectivity index (χ1v) is 45.7. The van der Waals surface area contributed by atoms with Gasteiger partial charge in [-0.15, -0.1) is 0 Å². The third kappa shape index (κ3) is 13.3.